The number of alkyl halides is 3. The van der Waals surface area contributed by atoms with Gasteiger partial charge in [0.25, 0.3) is 0 Å². The molecular weight excluding hydrogens is 313 g/mol. The molecule has 1 aliphatic heterocycles. The lowest BCUT2D eigenvalue weighted by Crippen LogP contribution is -2.05. The Hall–Kier alpha value is -2.34. The first kappa shape index (κ1) is 14.6. The molecule has 0 aliphatic carbocycles. The lowest BCUT2D eigenvalue weighted by molar-refractivity contribution is -0.137. The fourth-order valence-electron chi connectivity index (χ4n) is 2.02. The predicted molar refractivity (Wildman–Crippen MR) is 77.8 cm³/mol. The average molecular weight is 322 g/mol. The van der Waals surface area contributed by atoms with Crippen molar-refractivity contribution >= 4 is 29.1 Å². The molecule has 0 saturated heterocycles. The van der Waals surface area contributed by atoms with E-state index in [1.165, 1.54) is 29.5 Å². The van der Waals surface area contributed by atoms with E-state index >= 15 is 0 Å². The van der Waals surface area contributed by atoms with Crippen LogP contribution in [-0.4, -0.2) is 5.97 Å². The van der Waals surface area contributed by atoms with Crippen LogP contribution >= 0.6 is 11.3 Å². The minimum atomic E-state index is -4.44. The lowest BCUT2D eigenvalue weighted by Gasteiger charge is -2.08. The molecule has 6 heteroatoms. The van der Waals surface area contributed by atoms with Crippen LogP contribution in [0.2, 0.25) is 0 Å². The maximum atomic E-state index is 12.7. The summed E-state index contributed by atoms with van der Waals surface area (Å²) in [5, 5.41) is 3.72. The van der Waals surface area contributed by atoms with Gasteiger partial charge in [-0.15, -0.1) is 0 Å². The molecule has 1 aliphatic rings. The van der Waals surface area contributed by atoms with Gasteiger partial charge in [0.2, 0.25) is 0 Å². The van der Waals surface area contributed by atoms with Crippen LogP contribution in [0.15, 0.2) is 52.7 Å². The van der Waals surface area contributed by atoms with Crippen LogP contribution in [0.5, 0.6) is 0 Å². The second-order valence-corrected chi connectivity index (χ2v) is 5.41. The summed E-state index contributed by atoms with van der Waals surface area (Å²) < 4.78 is 43.2. The maximum absolute atomic E-state index is 12.7. The molecule has 2 aromatic rings. The summed E-state index contributed by atoms with van der Waals surface area (Å²) in [5.74, 6) is -0.448. The zero-order valence-electron chi connectivity index (χ0n) is 11.1. The number of halogens is 3. The van der Waals surface area contributed by atoms with Gasteiger partial charge in [-0.2, -0.15) is 24.5 Å². The van der Waals surface area contributed by atoms with Gasteiger partial charge in [0, 0.05) is 5.56 Å². The molecule has 0 amide bonds. The summed E-state index contributed by atoms with van der Waals surface area (Å²) in [5.41, 5.74) is 0.596. The van der Waals surface area contributed by atoms with Gasteiger partial charge < -0.3 is 4.74 Å². The highest BCUT2D eigenvalue weighted by Crippen LogP contribution is 2.33. The largest absolute Gasteiger partial charge is 0.422 e. The molecule has 1 aromatic carbocycles. The van der Waals surface area contributed by atoms with Crippen LogP contribution in [0.4, 0.5) is 13.2 Å². The Morgan fingerprint density at radius 2 is 2.00 bits per heavy atom. The highest BCUT2D eigenvalue weighted by atomic mass is 32.1. The summed E-state index contributed by atoms with van der Waals surface area (Å²) in [7, 11) is 0. The monoisotopic (exact) mass is 322 g/mol. The van der Waals surface area contributed by atoms with Gasteiger partial charge in [-0.3, -0.25) is 0 Å². The Morgan fingerprint density at radius 3 is 2.68 bits per heavy atom. The van der Waals surface area contributed by atoms with Crippen molar-refractivity contribution in [2.75, 3.05) is 0 Å². The number of ether oxygens (including phenoxy) is 1. The quantitative estimate of drug-likeness (QED) is 0.589. The van der Waals surface area contributed by atoms with E-state index in [9.17, 15) is 18.0 Å². The number of hydrogen-bond acceptors (Lipinski definition) is 3. The third-order valence-corrected chi connectivity index (χ3v) is 3.77. The van der Waals surface area contributed by atoms with Gasteiger partial charge >= 0.3 is 12.1 Å². The molecule has 2 heterocycles. The van der Waals surface area contributed by atoms with Crippen LogP contribution in [0.3, 0.4) is 0 Å². The molecular formula is C16H9F3O2S. The lowest BCUT2D eigenvalue weighted by atomic mass is 10.1. The third kappa shape index (κ3) is 2.96. The summed E-state index contributed by atoms with van der Waals surface area (Å²) in [6.45, 7) is 0. The smallest absolute Gasteiger partial charge is 0.416 e. The number of hydrogen-bond donors (Lipinski definition) is 0. The van der Waals surface area contributed by atoms with Gasteiger partial charge in [0.1, 0.15) is 5.76 Å². The Kier molecular flexibility index (Phi) is 3.62. The van der Waals surface area contributed by atoms with Crippen molar-refractivity contribution in [3.8, 4) is 0 Å². The first-order valence-corrected chi connectivity index (χ1v) is 7.23. The van der Waals surface area contributed by atoms with E-state index in [0.717, 1.165) is 17.7 Å². The number of cyclic esters (lactones) is 1. The van der Waals surface area contributed by atoms with E-state index < -0.39 is 17.7 Å². The molecule has 0 N–H and O–H groups in total. The molecule has 0 saturated carbocycles. The average Bonchev–Trinajstić information content (AvgIpc) is 3.09. The first-order chi connectivity index (χ1) is 10.4. The van der Waals surface area contributed by atoms with Gasteiger partial charge in [-0.1, -0.05) is 12.1 Å². The molecule has 112 valence electrons. The van der Waals surface area contributed by atoms with E-state index in [1.54, 1.807) is 6.08 Å². The van der Waals surface area contributed by atoms with E-state index in [1.807, 2.05) is 16.8 Å². The summed E-state index contributed by atoms with van der Waals surface area (Å²) in [6, 6.07) is 6.53. The molecule has 0 radical (unpaired) electrons. The summed E-state index contributed by atoms with van der Waals surface area (Å²) in [6.07, 6.45) is -1.34. The van der Waals surface area contributed by atoms with Crippen LogP contribution in [0.25, 0.3) is 11.8 Å². The Bertz CT molecular complexity index is 771. The van der Waals surface area contributed by atoms with E-state index in [0.29, 0.717) is 5.57 Å². The Labute approximate surface area is 128 Å². The van der Waals surface area contributed by atoms with Crippen LogP contribution in [0.1, 0.15) is 16.7 Å². The Balaban J connectivity index is 1.95. The van der Waals surface area contributed by atoms with Crippen molar-refractivity contribution in [1.82, 2.24) is 0 Å². The van der Waals surface area contributed by atoms with E-state index in [-0.39, 0.29) is 11.3 Å². The molecule has 0 fully saturated rings. The number of thiophene rings is 1. The molecule has 0 bridgehead atoms. The predicted octanol–water partition coefficient (Wildman–Crippen LogP) is 4.75. The van der Waals surface area contributed by atoms with Crippen LogP contribution in [-0.2, 0) is 15.7 Å². The molecule has 2 nitrogen and oxygen atoms in total. The molecule has 0 unspecified atom stereocenters. The van der Waals surface area contributed by atoms with Crippen LogP contribution < -0.4 is 0 Å². The topological polar surface area (TPSA) is 26.3 Å². The van der Waals surface area contributed by atoms with Crippen molar-refractivity contribution in [1.29, 1.82) is 0 Å². The molecule has 22 heavy (non-hydrogen) atoms. The maximum Gasteiger partial charge on any atom is 0.416 e. The van der Waals surface area contributed by atoms with E-state index in [4.69, 9.17) is 4.74 Å². The number of rotatable bonds is 2. The number of carbonyl (C=O) groups is 1. The fourth-order valence-corrected chi connectivity index (χ4v) is 2.63. The minimum absolute atomic E-state index is 0.123. The number of esters is 1. The molecule has 0 atom stereocenters. The highest BCUT2D eigenvalue weighted by Gasteiger charge is 2.31. The number of benzene rings is 1. The van der Waals surface area contributed by atoms with Crippen molar-refractivity contribution in [2.45, 2.75) is 6.18 Å². The SMILES string of the molecule is O=C1OC(c2cccc(C(F)(F)F)c2)=C/C1=C\c1ccsc1. The molecule has 0 spiro atoms. The third-order valence-electron chi connectivity index (χ3n) is 3.06. The number of carbonyl (C=O) groups excluding carboxylic acids is 1. The van der Waals surface area contributed by atoms with Gasteiger partial charge in [0.15, 0.2) is 0 Å². The van der Waals surface area contributed by atoms with Crippen molar-refractivity contribution in [2.24, 2.45) is 0 Å². The van der Waals surface area contributed by atoms with E-state index in [2.05, 4.69) is 0 Å². The van der Waals surface area contributed by atoms with Crippen molar-refractivity contribution in [3.05, 3.63) is 69.4 Å². The fraction of sp³-hybridized carbons (Fsp3) is 0.0625. The standard InChI is InChI=1S/C16H9F3O2S/c17-16(18,19)13-3-1-2-11(7-13)14-8-12(15(20)21-14)6-10-4-5-22-9-10/h1-9H/b12-6+. The van der Waals surface area contributed by atoms with Gasteiger partial charge in [0.05, 0.1) is 11.1 Å². The Morgan fingerprint density at radius 1 is 1.18 bits per heavy atom. The zero-order valence-corrected chi connectivity index (χ0v) is 11.9. The van der Waals surface area contributed by atoms with Crippen molar-refractivity contribution in [3.63, 3.8) is 0 Å². The highest BCUT2D eigenvalue weighted by molar-refractivity contribution is 7.08. The second-order valence-electron chi connectivity index (χ2n) is 4.63. The van der Waals surface area contributed by atoms with Gasteiger partial charge in [-0.25, -0.2) is 4.79 Å². The zero-order chi connectivity index (χ0) is 15.7. The van der Waals surface area contributed by atoms with Gasteiger partial charge in [-0.05, 0) is 46.7 Å². The second kappa shape index (κ2) is 5.46. The normalized spacial score (nSPS) is 16.8. The van der Waals surface area contributed by atoms with Crippen LogP contribution in [0, 0.1) is 0 Å². The molecule has 1 aromatic heterocycles. The summed E-state index contributed by atoms with van der Waals surface area (Å²) >= 11 is 1.48. The molecule has 3 rings (SSSR count). The summed E-state index contributed by atoms with van der Waals surface area (Å²) in [4.78, 5) is 11.8. The first-order valence-electron chi connectivity index (χ1n) is 6.29. The minimum Gasteiger partial charge on any atom is -0.422 e. The van der Waals surface area contributed by atoms with Crippen molar-refractivity contribution < 1.29 is 22.7 Å².